The molecule has 19 heavy (non-hydrogen) atoms. The summed E-state index contributed by atoms with van der Waals surface area (Å²) in [5.74, 6) is 1.25. The van der Waals surface area contributed by atoms with Crippen molar-refractivity contribution in [3.05, 3.63) is 24.4 Å². The minimum absolute atomic E-state index is 0.232. The van der Waals surface area contributed by atoms with Crippen molar-refractivity contribution < 1.29 is 9.26 Å². The monoisotopic (exact) mass is 266 g/mol. The van der Waals surface area contributed by atoms with Crippen molar-refractivity contribution >= 4 is 0 Å². The second kappa shape index (κ2) is 6.95. The highest BCUT2D eigenvalue weighted by molar-refractivity contribution is 4.86. The number of nitrogens with one attached hydrogen (secondary N) is 1. The molecule has 0 saturated carbocycles. The van der Waals surface area contributed by atoms with Crippen LogP contribution >= 0.6 is 0 Å². The van der Waals surface area contributed by atoms with E-state index in [1.807, 2.05) is 0 Å². The van der Waals surface area contributed by atoms with Crippen LogP contribution in [0.25, 0.3) is 0 Å². The van der Waals surface area contributed by atoms with E-state index >= 15 is 0 Å². The van der Waals surface area contributed by atoms with Crippen LogP contribution in [0.1, 0.15) is 18.6 Å². The molecule has 0 bridgehead atoms. The molecular weight excluding hydrogens is 248 g/mol. The van der Waals surface area contributed by atoms with Crippen LogP contribution in [0.2, 0.25) is 0 Å². The van der Waals surface area contributed by atoms with Gasteiger partial charge in [0.2, 0.25) is 5.89 Å². The first-order chi connectivity index (χ1) is 9.28. The van der Waals surface area contributed by atoms with Crippen molar-refractivity contribution in [2.24, 2.45) is 0 Å². The minimum atomic E-state index is 0.232. The fraction of sp³-hybridized carbons (Fsp3) is 0.636. The van der Waals surface area contributed by atoms with Gasteiger partial charge in [-0.1, -0.05) is 5.16 Å². The van der Waals surface area contributed by atoms with Gasteiger partial charge < -0.3 is 14.6 Å². The molecule has 0 aromatic carbocycles. The minimum Gasteiger partial charge on any atom is -0.384 e. The molecule has 0 fully saturated rings. The van der Waals surface area contributed by atoms with Crippen LogP contribution in [0, 0.1) is 0 Å². The summed E-state index contributed by atoms with van der Waals surface area (Å²) in [6.07, 6.45) is 3.87. The molecule has 0 amide bonds. The molecule has 8 heteroatoms. The quantitative estimate of drug-likeness (QED) is 0.720. The van der Waals surface area contributed by atoms with Gasteiger partial charge in [-0.2, -0.15) is 10.1 Å². The molecular formula is C11H18N6O2. The smallest absolute Gasteiger partial charge is 0.240 e. The first-order valence-corrected chi connectivity index (χ1v) is 6.14. The third kappa shape index (κ3) is 4.42. The van der Waals surface area contributed by atoms with Gasteiger partial charge in [-0.25, -0.2) is 4.98 Å². The molecule has 104 valence electrons. The first-order valence-electron chi connectivity index (χ1n) is 6.14. The molecule has 0 aliphatic carbocycles. The summed E-state index contributed by atoms with van der Waals surface area (Å²) in [4.78, 5) is 8.16. The van der Waals surface area contributed by atoms with Crippen LogP contribution in [0.3, 0.4) is 0 Å². The lowest BCUT2D eigenvalue weighted by Crippen LogP contribution is -2.30. The Morgan fingerprint density at radius 1 is 1.53 bits per heavy atom. The summed E-state index contributed by atoms with van der Waals surface area (Å²) < 4.78 is 11.9. The summed E-state index contributed by atoms with van der Waals surface area (Å²) >= 11 is 0. The molecule has 1 atom stereocenters. The van der Waals surface area contributed by atoms with Crippen LogP contribution in [0.5, 0.6) is 0 Å². The third-order valence-corrected chi connectivity index (χ3v) is 2.57. The van der Waals surface area contributed by atoms with E-state index in [0.717, 1.165) is 6.54 Å². The van der Waals surface area contributed by atoms with Crippen LogP contribution in [0.15, 0.2) is 17.2 Å². The lowest BCUT2D eigenvalue weighted by molar-refractivity contribution is 0.199. The molecule has 2 aromatic rings. The fourth-order valence-electron chi connectivity index (χ4n) is 1.59. The van der Waals surface area contributed by atoms with E-state index in [1.54, 1.807) is 18.1 Å². The Bertz CT molecular complexity index is 469. The number of aromatic nitrogens is 5. The van der Waals surface area contributed by atoms with Gasteiger partial charge >= 0.3 is 0 Å². The van der Waals surface area contributed by atoms with Crippen LogP contribution in [-0.2, 0) is 24.2 Å². The molecule has 1 N–H and O–H groups in total. The predicted octanol–water partition coefficient (Wildman–Crippen LogP) is 0.0283. The van der Waals surface area contributed by atoms with Gasteiger partial charge in [0, 0.05) is 19.6 Å². The molecule has 0 saturated heterocycles. The standard InChI is InChI=1S/C11H18N6O2/c1-9(6-17-8-12-7-14-17)13-5-11-15-10(16-19-11)3-4-18-2/h7-9,13H,3-6H2,1-2H3. The Kier molecular flexibility index (Phi) is 4.99. The molecule has 2 aromatic heterocycles. The van der Waals surface area contributed by atoms with Gasteiger partial charge in [0.05, 0.1) is 19.7 Å². The number of ether oxygens (including phenoxy) is 1. The average Bonchev–Trinajstić information content (AvgIpc) is 3.05. The van der Waals surface area contributed by atoms with E-state index in [1.165, 1.54) is 6.33 Å². The molecule has 2 rings (SSSR count). The summed E-state index contributed by atoms with van der Waals surface area (Å²) in [5, 5.41) is 11.2. The summed E-state index contributed by atoms with van der Waals surface area (Å²) in [6.45, 7) is 3.93. The summed E-state index contributed by atoms with van der Waals surface area (Å²) in [6, 6.07) is 0.232. The predicted molar refractivity (Wildman–Crippen MR) is 66.2 cm³/mol. The number of nitrogens with zero attached hydrogens (tertiary/aromatic N) is 5. The van der Waals surface area contributed by atoms with E-state index in [-0.39, 0.29) is 6.04 Å². The Morgan fingerprint density at radius 2 is 2.42 bits per heavy atom. The maximum atomic E-state index is 5.13. The summed E-state index contributed by atoms with van der Waals surface area (Å²) in [5.41, 5.74) is 0. The van der Waals surface area contributed by atoms with Crippen molar-refractivity contribution in [1.29, 1.82) is 0 Å². The van der Waals surface area contributed by atoms with Crippen LogP contribution < -0.4 is 5.32 Å². The van der Waals surface area contributed by atoms with Gasteiger partial charge in [0.15, 0.2) is 5.82 Å². The van der Waals surface area contributed by atoms with Crippen molar-refractivity contribution in [2.45, 2.75) is 32.5 Å². The Morgan fingerprint density at radius 3 is 3.16 bits per heavy atom. The van der Waals surface area contributed by atoms with Gasteiger partial charge in [0.1, 0.15) is 12.7 Å². The lowest BCUT2D eigenvalue weighted by atomic mass is 10.3. The zero-order valence-electron chi connectivity index (χ0n) is 11.1. The topological polar surface area (TPSA) is 90.9 Å². The molecule has 1 unspecified atom stereocenters. The first kappa shape index (κ1) is 13.6. The molecule has 8 nitrogen and oxygen atoms in total. The summed E-state index contributed by atoms with van der Waals surface area (Å²) in [7, 11) is 1.65. The van der Waals surface area contributed by atoms with Gasteiger partial charge in [-0.3, -0.25) is 4.68 Å². The average molecular weight is 266 g/mol. The van der Waals surface area contributed by atoms with E-state index in [9.17, 15) is 0 Å². The van der Waals surface area contributed by atoms with E-state index in [2.05, 4.69) is 32.5 Å². The normalized spacial score (nSPS) is 12.7. The van der Waals surface area contributed by atoms with E-state index < -0.39 is 0 Å². The molecule has 0 aliphatic rings. The second-order valence-corrected chi connectivity index (χ2v) is 4.25. The van der Waals surface area contributed by atoms with E-state index in [0.29, 0.717) is 31.3 Å². The lowest BCUT2D eigenvalue weighted by Gasteiger charge is -2.11. The van der Waals surface area contributed by atoms with Gasteiger partial charge in [0.25, 0.3) is 0 Å². The van der Waals surface area contributed by atoms with Crippen molar-refractivity contribution in [2.75, 3.05) is 13.7 Å². The van der Waals surface area contributed by atoms with Crippen LogP contribution in [0.4, 0.5) is 0 Å². The highest BCUT2D eigenvalue weighted by atomic mass is 16.5. The largest absolute Gasteiger partial charge is 0.384 e. The number of rotatable bonds is 8. The van der Waals surface area contributed by atoms with Crippen molar-refractivity contribution in [3.8, 4) is 0 Å². The van der Waals surface area contributed by atoms with Crippen molar-refractivity contribution in [1.82, 2.24) is 30.2 Å². The zero-order chi connectivity index (χ0) is 13.5. The molecule has 0 radical (unpaired) electrons. The molecule has 0 aliphatic heterocycles. The Hall–Kier alpha value is -1.80. The highest BCUT2D eigenvalue weighted by Crippen LogP contribution is 1.99. The Balaban J connectivity index is 1.73. The molecule has 2 heterocycles. The Labute approximate surface area is 111 Å². The van der Waals surface area contributed by atoms with Gasteiger partial charge in [-0.05, 0) is 6.92 Å². The fourth-order valence-corrected chi connectivity index (χ4v) is 1.59. The SMILES string of the molecule is COCCc1noc(CNC(C)Cn2cncn2)n1. The maximum Gasteiger partial charge on any atom is 0.240 e. The van der Waals surface area contributed by atoms with Gasteiger partial charge in [-0.15, -0.1) is 0 Å². The highest BCUT2D eigenvalue weighted by Gasteiger charge is 2.08. The number of hydrogen-bond donors (Lipinski definition) is 1. The van der Waals surface area contributed by atoms with Crippen LogP contribution in [-0.4, -0.2) is 44.7 Å². The van der Waals surface area contributed by atoms with Crippen molar-refractivity contribution in [3.63, 3.8) is 0 Å². The number of hydrogen-bond acceptors (Lipinski definition) is 7. The van der Waals surface area contributed by atoms with E-state index in [4.69, 9.17) is 9.26 Å². The molecule has 0 spiro atoms. The number of methoxy groups -OCH3 is 1. The third-order valence-electron chi connectivity index (χ3n) is 2.57. The second-order valence-electron chi connectivity index (χ2n) is 4.25. The zero-order valence-corrected chi connectivity index (χ0v) is 11.1. The maximum absolute atomic E-state index is 5.13.